The van der Waals surface area contributed by atoms with E-state index in [9.17, 15) is 4.79 Å². The molecule has 0 aliphatic heterocycles. The predicted molar refractivity (Wildman–Crippen MR) is 47.5 cm³/mol. The van der Waals surface area contributed by atoms with Crippen LogP contribution in [-0.4, -0.2) is 17.7 Å². The molecule has 66 valence electrons. The van der Waals surface area contributed by atoms with Crippen molar-refractivity contribution >= 4 is 22.6 Å². The Morgan fingerprint density at radius 2 is 2.58 bits per heavy atom. The van der Waals surface area contributed by atoms with Gasteiger partial charge in [0.1, 0.15) is 0 Å². The van der Waals surface area contributed by atoms with Gasteiger partial charge in [0.05, 0.1) is 12.3 Å². The Labute approximate surface area is 74.6 Å². The Bertz CT molecular complexity index is 272. The lowest BCUT2D eigenvalue weighted by molar-refractivity contribution is 0.168. The summed E-state index contributed by atoms with van der Waals surface area (Å²) in [7, 11) is 0. The number of amides is 1. The number of nitrogens with zero attached hydrogens (tertiary/aromatic N) is 1. The van der Waals surface area contributed by atoms with Gasteiger partial charge in [-0.25, -0.2) is 9.78 Å². The molecule has 1 rings (SSSR count). The first-order valence-electron chi connectivity index (χ1n) is 3.58. The first kappa shape index (κ1) is 8.99. The van der Waals surface area contributed by atoms with Crippen molar-refractivity contribution in [1.82, 2.24) is 4.98 Å². The number of anilines is 1. The van der Waals surface area contributed by atoms with Crippen LogP contribution in [0.3, 0.4) is 0 Å². The number of aryl methyl sites for hydroxylation is 1. The minimum Gasteiger partial charge on any atom is -0.450 e. The van der Waals surface area contributed by atoms with Crippen LogP contribution in [0.2, 0.25) is 0 Å². The molecule has 0 saturated heterocycles. The fraction of sp³-hybridized carbons (Fsp3) is 0.429. The van der Waals surface area contributed by atoms with E-state index in [1.54, 1.807) is 6.92 Å². The number of hydrogen-bond donors (Lipinski definition) is 1. The molecule has 1 aromatic rings. The Kier molecular flexibility index (Phi) is 3.04. The van der Waals surface area contributed by atoms with E-state index in [-0.39, 0.29) is 0 Å². The summed E-state index contributed by atoms with van der Waals surface area (Å²) in [5.41, 5.74) is 0.895. The van der Waals surface area contributed by atoms with Crippen molar-refractivity contribution in [2.45, 2.75) is 13.8 Å². The summed E-state index contributed by atoms with van der Waals surface area (Å²) in [5.74, 6) is 0. The van der Waals surface area contributed by atoms with E-state index in [4.69, 9.17) is 0 Å². The Morgan fingerprint density at radius 3 is 3.08 bits per heavy atom. The lowest BCUT2D eigenvalue weighted by atomic mass is 10.6. The summed E-state index contributed by atoms with van der Waals surface area (Å²) < 4.78 is 4.67. The number of carbonyl (C=O) groups excluding carboxylic acids is 1. The maximum atomic E-state index is 10.9. The van der Waals surface area contributed by atoms with Gasteiger partial charge in [-0.2, -0.15) is 0 Å². The molecular formula is C7H10N2O2S. The van der Waals surface area contributed by atoms with E-state index in [1.807, 2.05) is 12.3 Å². The number of rotatable bonds is 2. The van der Waals surface area contributed by atoms with E-state index < -0.39 is 6.09 Å². The zero-order chi connectivity index (χ0) is 8.97. The van der Waals surface area contributed by atoms with Gasteiger partial charge in [-0.3, -0.25) is 5.32 Å². The molecule has 0 unspecified atom stereocenters. The van der Waals surface area contributed by atoms with Crippen LogP contribution in [0.15, 0.2) is 5.38 Å². The summed E-state index contributed by atoms with van der Waals surface area (Å²) in [6.45, 7) is 4.00. The highest BCUT2D eigenvalue weighted by atomic mass is 32.1. The molecule has 0 aliphatic carbocycles. The topological polar surface area (TPSA) is 51.2 Å². The number of ether oxygens (including phenoxy) is 1. The second-order valence-corrected chi connectivity index (χ2v) is 3.00. The molecule has 1 aromatic heterocycles. The van der Waals surface area contributed by atoms with Gasteiger partial charge in [-0.15, -0.1) is 11.3 Å². The first-order valence-corrected chi connectivity index (χ1v) is 4.46. The fourth-order valence-corrected chi connectivity index (χ4v) is 1.34. The van der Waals surface area contributed by atoms with Gasteiger partial charge in [0, 0.05) is 5.38 Å². The van der Waals surface area contributed by atoms with Gasteiger partial charge in [0.25, 0.3) is 0 Å². The third-order valence-electron chi connectivity index (χ3n) is 1.10. The molecular weight excluding hydrogens is 176 g/mol. The highest BCUT2D eigenvalue weighted by Gasteiger charge is 2.03. The minimum absolute atomic E-state index is 0.371. The van der Waals surface area contributed by atoms with Gasteiger partial charge >= 0.3 is 6.09 Å². The van der Waals surface area contributed by atoms with Crippen LogP contribution in [0.5, 0.6) is 0 Å². The van der Waals surface area contributed by atoms with E-state index in [0.717, 1.165) is 5.69 Å². The zero-order valence-corrected chi connectivity index (χ0v) is 7.77. The monoisotopic (exact) mass is 186 g/mol. The normalized spacial score (nSPS) is 9.50. The summed E-state index contributed by atoms with van der Waals surface area (Å²) in [4.78, 5) is 14.9. The largest absolute Gasteiger partial charge is 0.450 e. The third-order valence-corrected chi connectivity index (χ3v) is 1.98. The van der Waals surface area contributed by atoms with Crippen LogP contribution in [0, 0.1) is 6.92 Å². The van der Waals surface area contributed by atoms with Crippen molar-refractivity contribution in [3.8, 4) is 0 Å². The van der Waals surface area contributed by atoms with E-state index in [1.165, 1.54) is 11.3 Å². The number of carbonyl (C=O) groups is 1. The Hall–Kier alpha value is -1.10. The predicted octanol–water partition coefficient (Wildman–Crippen LogP) is 2.02. The first-order chi connectivity index (χ1) is 5.72. The van der Waals surface area contributed by atoms with Crippen molar-refractivity contribution in [3.63, 3.8) is 0 Å². The molecule has 1 N–H and O–H groups in total. The fourth-order valence-electron chi connectivity index (χ4n) is 0.666. The highest BCUT2D eigenvalue weighted by Crippen LogP contribution is 2.14. The molecule has 0 fully saturated rings. The molecule has 0 bridgehead atoms. The van der Waals surface area contributed by atoms with Crippen molar-refractivity contribution in [2.24, 2.45) is 0 Å². The van der Waals surface area contributed by atoms with Gasteiger partial charge < -0.3 is 4.74 Å². The summed E-state index contributed by atoms with van der Waals surface area (Å²) in [6.07, 6.45) is -0.452. The van der Waals surface area contributed by atoms with Crippen molar-refractivity contribution < 1.29 is 9.53 Å². The highest BCUT2D eigenvalue weighted by molar-refractivity contribution is 7.13. The van der Waals surface area contributed by atoms with Crippen LogP contribution in [0.25, 0.3) is 0 Å². The van der Waals surface area contributed by atoms with E-state index in [2.05, 4.69) is 15.0 Å². The van der Waals surface area contributed by atoms with Crippen molar-refractivity contribution in [2.75, 3.05) is 11.9 Å². The molecule has 0 saturated carbocycles. The van der Waals surface area contributed by atoms with E-state index >= 15 is 0 Å². The van der Waals surface area contributed by atoms with E-state index in [0.29, 0.717) is 11.7 Å². The Morgan fingerprint density at radius 1 is 1.83 bits per heavy atom. The number of thiazole rings is 1. The molecule has 0 atom stereocenters. The van der Waals surface area contributed by atoms with Crippen molar-refractivity contribution in [1.29, 1.82) is 0 Å². The smallest absolute Gasteiger partial charge is 0.413 e. The average molecular weight is 186 g/mol. The lowest BCUT2D eigenvalue weighted by Gasteiger charge is -1.99. The Balaban J connectivity index is 2.46. The van der Waals surface area contributed by atoms with Gasteiger partial charge in [0.2, 0.25) is 0 Å². The van der Waals surface area contributed by atoms with Crippen LogP contribution < -0.4 is 5.32 Å². The number of hydrogen-bond acceptors (Lipinski definition) is 4. The van der Waals surface area contributed by atoms with Gasteiger partial charge in [-0.05, 0) is 13.8 Å². The number of nitrogens with one attached hydrogen (secondary N) is 1. The van der Waals surface area contributed by atoms with Crippen LogP contribution in [-0.2, 0) is 4.74 Å². The molecule has 5 heteroatoms. The molecule has 0 aliphatic rings. The van der Waals surface area contributed by atoms with Gasteiger partial charge in [-0.1, -0.05) is 0 Å². The van der Waals surface area contributed by atoms with Gasteiger partial charge in [0.15, 0.2) is 5.13 Å². The average Bonchev–Trinajstić information content (AvgIpc) is 2.36. The second-order valence-electron chi connectivity index (χ2n) is 2.14. The summed E-state index contributed by atoms with van der Waals surface area (Å²) >= 11 is 1.38. The van der Waals surface area contributed by atoms with Crippen LogP contribution >= 0.6 is 11.3 Å². The summed E-state index contributed by atoms with van der Waals surface area (Å²) in [6, 6.07) is 0. The quantitative estimate of drug-likeness (QED) is 0.768. The maximum Gasteiger partial charge on any atom is 0.413 e. The van der Waals surface area contributed by atoms with Crippen molar-refractivity contribution in [3.05, 3.63) is 11.1 Å². The van der Waals surface area contributed by atoms with Crippen LogP contribution in [0.4, 0.5) is 9.93 Å². The summed E-state index contributed by atoms with van der Waals surface area (Å²) in [5, 5.41) is 4.95. The second kappa shape index (κ2) is 4.06. The molecule has 1 heterocycles. The minimum atomic E-state index is -0.452. The molecule has 12 heavy (non-hydrogen) atoms. The zero-order valence-electron chi connectivity index (χ0n) is 6.96. The molecule has 1 amide bonds. The lowest BCUT2D eigenvalue weighted by Crippen LogP contribution is -2.12. The number of aromatic nitrogens is 1. The molecule has 0 aromatic carbocycles. The molecule has 0 spiro atoms. The van der Waals surface area contributed by atoms with Crippen LogP contribution in [0.1, 0.15) is 12.6 Å². The molecule has 4 nitrogen and oxygen atoms in total. The molecule has 0 radical (unpaired) electrons. The third kappa shape index (κ3) is 2.50. The maximum absolute atomic E-state index is 10.9. The standard InChI is InChI=1S/C7H10N2O2S/c1-3-11-7(10)9-6-8-5(2)4-12-6/h4H,3H2,1-2H3,(H,8,9,10). The SMILES string of the molecule is CCOC(=O)Nc1nc(C)cs1.